The molecule has 0 bridgehead atoms. The van der Waals surface area contributed by atoms with E-state index in [1.165, 1.54) is 11.8 Å². The van der Waals surface area contributed by atoms with E-state index in [9.17, 15) is 9.59 Å². The number of hydrogen-bond acceptors (Lipinski definition) is 3. The monoisotopic (exact) mass is 388 g/mol. The Labute approximate surface area is 162 Å². The maximum absolute atomic E-state index is 12.4. The first-order chi connectivity index (χ1) is 12.6. The molecule has 0 radical (unpaired) electrons. The van der Waals surface area contributed by atoms with Gasteiger partial charge in [0.1, 0.15) is 0 Å². The van der Waals surface area contributed by atoms with Crippen molar-refractivity contribution in [2.45, 2.75) is 17.7 Å². The summed E-state index contributed by atoms with van der Waals surface area (Å²) in [6.45, 7) is 1.24. The first-order valence-corrected chi connectivity index (χ1v) is 10.0. The molecule has 1 heterocycles. The highest BCUT2D eigenvalue weighted by Gasteiger charge is 2.27. The maximum atomic E-state index is 12.4. The topological polar surface area (TPSA) is 49.4 Å². The summed E-state index contributed by atoms with van der Waals surface area (Å²) in [4.78, 5) is 27.5. The van der Waals surface area contributed by atoms with E-state index in [-0.39, 0.29) is 17.7 Å². The summed E-state index contributed by atoms with van der Waals surface area (Å²) < 4.78 is 0. The lowest BCUT2D eigenvalue weighted by atomic mass is 9.96. The predicted molar refractivity (Wildman–Crippen MR) is 107 cm³/mol. The Hall–Kier alpha value is -1.98. The zero-order chi connectivity index (χ0) is 18.4. The quantitative estimate of drug-likeness (QED) is 0.776. The average molecular weight is 389 g/mol. The second-order valence-corrected chi connectivity index (χ2v) is 7.65. The van der Waals surface area contributed by atoms with Crippen LogP contribution in [-0.2, 0) is 9.59 Å². The van der Waals surface area contributed by atoms with Gasteiger partial charge in [-0.15, -0.1) is 11.8 Å². The third-order valence-corrected chi connectivity index (χ3v) is 5.95. The Morgan fingerprint density at radius 1 is 1.04 bits per heavy atom. The number of piperidine rings is 1. The fourth-order valence-electron chi connectivity index (χ4n) is 2.95. The van der Waals surface area contributed by atoms with Gasteiger partial charge in [0.25, 0.3) is 0 Å². The Bertz CT molecular complexity index is 761. The molecule has 0 atom stereocenters. The van der Waals surface area contributed by atoms with Crippen LogP contribution in [-0.4, -0.2) is 35.6 Å². The summed E-state index contributed by atoms with van der Waals surface area (Å²) in [6, 6.07) is 17.0. The van der Waals surface area contributed by atoms with Gasteiger partial charge in [0.15, 0.2) is 0 Å². The molecule has 0 aliphatic carbocycles. The summed E-state index contributed by atoms with van der Waals surface area (Å²) in [5, 5.41) is 3.62. The number of likely N-dealkylation sites (tertiary alicyclic amines) is 1. The number of carbonyl (C=O) groups is 2. The van der Waals surface area contributed by atoms with Crippen molar-refractivity contribution in [1.82, 2.24) is 4.90 Å². The standard InChI is InChI=1S/C20H21ClN2O2S/c21-17-8-4-5-9-18(17)26-14-19(24)23-12-10-15(11-13-23)20(25)22-16-6-2-1-3-7-16/h1-9,15H,10-14H2,(H,22,25). The molecular weight excluding hydrogens is 368 g/mol. The number of halogens is 1. The molecule has 6 heteroatoms. The summed E-state index contributed by atoms with van der Waals surface area (Å²) in [7, 11) is 0. The molecule has 3 rings (SSSR count). The Morgan fingerprint density at radius 2 is 1.69 bits per heavy atom. The zero-order valence-electron chi connectivity index (χ0n) is 14.4. The molecule has 1 N–H and O–H groups in total. The van der Waals surface area contributed by atoms with Gasteiger partial charge >= 0.3 is 0 Å². The molecular formula is C20H21ClN2O2S. The molecule has 136 valence electrons. The summed E-state index contributed by atoms with van der Waals surface area (Å²) in [5.41, 5.74) is 0.812. The summed E-state index contributed by atoms with van der Waals surface area (Å²) >= 11 is 7.58. The van der Waals surface area contributed by atoms with Crippen molar-refractivity contribution in [3.63, 3.8) is 0 Å². The average Bonchev–Trinajstić information content (AvgIpc) is 2.68. The van der Waals surface area contributed by atoms with Crippen molar-refractivity contribution in [2.24, 2.45) is 5.92 Å². The highest BCUT2D eigenvalue weighted by molar-refractivity contribution is 8.00. The Kier molecular flexibility index (Phi) is 6.58. The van der Waals surface area contributed by atoms with Crippen LogP contribution >= 0.6 is 23.4 Å². The van der Waals surface area contributed by atoms with E-state index in [0.717, 1.165) is 10.6 Å². The Morgan fingerprint density at radius 3 is 2.38 bits per heavy atom. The lowest BCUT2D eigenvalue weighted by molar-refractivity contribution is -0.132. The molecule has 2 aromatic carbocycles. The number of carbonyl (C=O) groups excluding carboxylic acids is 2. The van der Waals surface area contributed by atoms with Crippen LogP contribution in [0.25, 0.3) is 0 Å². The van der Waals surface area contributed by atoms with E-state index >= 15 is 0 Å². The second kappa shape index (κ2) is 9.10. The zero-order valence-corrected chi connectivity index (χ0v) is 15.9. The van der Waals surface area contributed by atoms with Crippen LogP contribution in [0.1, 0.15) is 12.8 Å². The summed E-state index contributed by atoms with van der Waals surface area (Å²) in [5.74, 6) is 0.450. The minimum Gasteiger partial charge on any atom is -0.342 e. The molecule has 2 aromatic rings. The van der Waals surface area contributed by atoms with Crippen molar-refractivity contribution in [3.05, 3.63) is 59.6 Å². The van der Waals surface area contributed by atoms with E-state index in [0.29, 0.717) is 36.7 Å². The number of hydrogen-bond donors (Lipinski definition) is 1. The van der Waals surface area contributed by atoms with Crippen molar-refractivity contribution in [3.8, 4) is 0 Å². The number of nitrogens with zero attached hydrogens (tertiary/aromatic N) is 1. The third kappa shape index (κ3) is 5.02. The van der Waals surface area contributed by atoms with Gasteiger partial charge in [0.2, 0.25) is 11.8 Å². The van der Waals surface area contributed by atoms with Gasteiger partial charge in [-0.1, -0.05) is 41.9 Å². The molecule has 26 heavy (non-hydrogen) atoms. The van der Waals surface area contributed by atoms with Crippen LogP contribution in [0, 0.1) is 5.92 Å². The highest BCUT2D eigenvalue weighted by atomic mass is 35.5. The van der Waals surface area contributed by atoms with E-state index in [2.05, 4.69) is 5.32 Å². The number of nitrogens with one attached hydrogen (secondary N) is 1. The molecule has 0 unspecified atom stereocenters. The number of amides is 2. The fraction of sp³-hybridized carbons (Fsp3) is 0.300. The lowest BCUT2D eigenvalue weighted by Gasteiger charge is -2.31. The minimum atomic E-state index is -0.0459. The van der Waals surface area contributed by atoms with Gasteiger partial charge in [0, 0.05) is 29.6 Å². The number of anilines is 1. The molecule has 1 fully saturated rings. The van der Waals surface area contributed by atoms with Gasteiger partial charge in [-0.3, -0.25) is 9.59 Å². The van der Waals surface area contributed by atoms with Crippen molar-refractivity contribution < 1.29 is 9.59 Å². The van der Waals surface area contributed by atoms with E-state index in [1.54, 1.807) is 0 Å². The molecule has 0 saturated carbocycles. The van der Waals surface area contributed by atoms with Gasteiger partial charge in [0.05, 0.1) is 10.8 Å². The van der Waals surface area contributed by atoms with E-state index in [4.69, 9.17) is 11.6 Å². The SMILES string of the molecule is O=C(Nc1ccccc1)C1CCN(C(=O)CSc2ccccc2Cl)CC1. The molecule has 0 spiro atoms. The minimum absolute atomic E-state index is 0.0359. The van der Waals surface area contributed by atoms with Crippen LogP contribution < -0.4 is 5.32 Å². The Balaban J connectivity index is 1.45. The smallest absolute Gasteiger partial charge is 0.232 e. The van der Waals surface area contributed by atoms with Crippen LogP contribution in [0.4, 0.5) is 5.69 Å². The van der Waals surface area contributed by atoms with Gasteiger partial charge in [-0.05, 0) is 37.1 Å². The number of thioether (sulfide) groups is 1. The lowest BCUT2D eigenvalue weighted by Crippen LogP contribution is -2.42. The van der Waals surface area contributed by atoms with Crippen molar-refractivity contribution in [1.29, 1.82) is 0 Å². The second-order valence-electron chi connectivity index (χ2n) is 6.23. The third-order valence-electron chi connectivity index (χ3n) is 4.45. The fourth-order valence-corrected chi connectivity index (χ4v) is 4.09. The van der Waals surface area contributed by atoms with E-state index < -0.39 is 0 Å². The first-order valence-electron chi connectivity index (χ1n) is 8.64. The van der Waals surface area contributed by atoms with Gasteiger partial charge < -0.3 is 10.2 Å². The van der Waals surface area contributed by atoms with Crippen molar-refractivity contribution >= 4 is 40.9 Å². The largest absolute Gasteiger partial charge is 0.342 e. The molecule has 1 saturated heterocycles. The van der Waals surface area contributed by atoms with Gasteiger partial charge in [-0.2, -0.15) is 0 Å². The van der Waals surface area contributed by atoms with Crippen LogP contribution in [0.2, 0.25) is 5.02 Å². The maximum Gasteiger partial charge on any atom is 0.232 e. The summed E-state index contributed by atoms with van der Waals surface area (Å²) in [6.07, 6.45) is 1.39. The van der Waals surface area contributed by atoms with E-state index in [1.807, 2.05) is 59.5 Å². The predicted octanol–water partition coefficient (Wildman–Crippen LogP) is 4.31. The molecule has 0 aromatic heterocycles. The van der Waals surface area contributed by atoms with Crippen LogP contribution in [0.3, 0.4) is 0 Å². The molecule has 1 aliphatic heterocycles. The first kappa shape index (κ1) is 18.8. The van der Waals surface area contributed by atoms with Crippen molar-refractivity contribution in [2.75, 3.05) is 24.2 Å². The van der Waals surface area contributed by atoms with Crippen LogP contribution in [0.5, 0.6) is 0 Å². The van der Waals surface area contributed by atoms with Crippen LogP contribution in [0.15, 0.2) is 59.5 Å². The number of para-hydroxylation sites is 1. The number of rotatable bonds is 5. The molecule has 1 aliphatic rings. The van der Waals surface area contributed by atoms with Gasteiger partial charge in [-0.25, -0.2) is 0 Å². The number of benzene rings is 2. The normalized spacial score (nSPS) is 14.9. The molecule has 2 amide bonds. The molecule has 4 nitrogen and oxygen atoms in total. The highest BCUT2D eigenvalue weighted by Crippen LogP contribution is 2.27.